The Kier molecular flexibility index (Phi) is 7.32. The van der Waals surface area contributed by atoms with Crippen LogP contribution in [-0.4, -0.2) is 0 Å². The number of rotatable bonds is 5. The van der Waals surface area contributed by atoms with Crippen molar-refractivity contribution in [2.75, 3.05) is 0 Å². The molecule has 0 aliphatic heterocycles. The molecular formula is C49H29NS2. The second kappa shape index (κ2) is 12.5. The zero-order valence-corrected chi connectivity index (χ0v) is 29.6. The van der Waals surface area contributed by atoms with Gasteiger partial charge in [-0.1, -0.05) is 121 Å². The molecule has 0 bridgehead atoms. The highest BCUT2D eigenvalue weighted by molar-refractivity contribution is 7.26. The zero-order chi connectivity index (χ0) is 34.6. The third kappa shape index (κ3) is 5.04. The highest BCUT2D eigenvalue weighted by atomic mass is 32.1. The molecule has 1 nitrogen and oxygen atoms in total. The van der Waals surface area contributed by atoms with Crippen LogP contribution < -0.4 is 0 Å². The summed E-state index contributed by atoms with van der Waals surface area (Å²) in [6.45, 7) is 0. The summed E-state index contributed by atoms with van der Waals surface area (Å²) in [6.07, 6.45) is 0. The molecule has 0 atom stereocenters. The predicted octanol–water partition coefficient (Wildman–Crippen LogP) is 14.6. The highest BCUT2D eigenvalue weighted by Crippen LogP contribution is 2.47. The molecule has 0 spiro atoms. The molecule has 0 saturated heterocycles. The van der Waals surface area contributed by atoms with Gasteiger partial charge in [0.1, 0.15) is 0 Å². The molecule has 10 aromatic rings. The van der Waals surface area contributed by atoms with Gasteiger partial charge in [-0.05, 0) is 110 Å². The summed E-state index contributed by atoms with van der Waals surface area (Å²) < 4.78 is 5.17. The normalized spacial score (nSPS) is 11.4. The first-order valence-electron chi connectivity index (χ1n) is 17.4. The van der Waals surface area contributed by atoms with E-state index >= 15 is 0 Å². The molecule has 0 radical (unpaired) electrons. The average molecular weight is 696 g/mol. The van der Waals surface area contributed by atoms with E-state index in [1.165, 1.54) is 62.6 Å². The van der Waals surface area contributed by atoms with Crippen molar-refractivity contribution >= 4 is 63.0 Å². The van der Waals surface area contributed by atoms with Crippen LogP contribution in [-0.2, 0) is 0 Å². The first-order chi connectivity index (χ1) is 25.7. The Morgan fingerprint density at radius 2 is 0.865 bits per heavy atom. The molecule has 0 aliphatic rings. The van der Waals surface area contributed by atoms with Gasteiger partial charge in [-0.2, -0.15) is 5.26 Å². The molecule has 242 valence electrons. The topological polar surface area (TPSA) is 23.8 Å². The number of thiophene rings is 2. The van der Waals surface area contributed by atoms with E-state index < -0.39 is 0 Å². The third-order valence-corrected chi connectivity index (χ3v) is 12.4. The lowest BCUT2D eigenvalue weighted by atomic mass is 9.86. The molecule has 0 fully saturated rings. The first kappa shape index (κ1) is 30.5. The Hall–Kier alpha value is -6.31. The molecule has 0 saturated carbocycles. The van der Waals surface area contributed by atoms with Crippen LogP contribution in [0, 0.1) is 11.3 Å². The Morgan fingerprint density at radius 1 is 0.327 bits per heavy atom. The maximum absolute atomic E-state index is 10.2. The number of fused-ring (bicyclic) bond motifs is 6. The van der Waals surface area contributed by atoms with Crippen molar-refractivity contribution in [1.29, 1.82) is 5.26 Å². The maximum Gasteiger partial charge on any atom is 0.0998 e. The van der Waals surface area contributed by atoms with Crippen LogP contribution >= 0.6 is 22.7 Å². The van der Waals surface area contributed by atoms with Gasteiger partial charge < -0.3 is 0 Å². The molecule has 0 unspecified atom stereocenters. The minimum Gasteiger partial charge on any atom is -0.192 e. The van der Waals surface area contributed by atoms with Gasteiger partial charge in [0.05, 0.1) is 11.6 Å². The monoisotopic (exact) mass is 695 g/mol. The van der Waals surface area contributed by atoms with E-state index in [4.69, 9.17) is 0 Å². The minimum absolute atomic E-state index is 0.665. The summed E-state index contributed by atoms with van der Waals surface area (Å²) in [5.41, 5.74) is 12.0. The van der Waals surface area contributed by atoms with Crippen LogP contribution in [0.1, 0.15) is 5.56 Å². The van der Waals surface area contributed by atoms with Crippen molar-refractivity contribution in [1.82, 2.24) is 0 Å². The van der Waals surface area contributed by atoms with Crippen molar-refractivity contribution in [3.8, 4) is 61.7 Å². The van der Waals surface area contributed by atoms with E-state index in [2.05, 4.69) is 164 Å². The van der Waals surface area contributed by atoms with Gasteiger partial charge in [0.15, 0.2) is 0 Å². The zero-order valence-electron chi connectivity index (χ0n) is 28.0. The van der Waals surface area contributed by atoms with E-state index in [9.17, 15) is 5.26 Å². The maximum atomic E-state index is 10.2. The average Bonchev–Trinajstić information content (AvgIpc) is 3.79. The fourth-order valence-electron chi connectivity index (χ4n) is 7.77. The molecule has 3 heteroatoms. The molecule has 2 aromatic heterocycles. The van der Waals surface area contributed by atoms with Crippen LogP contribution in [0.15, 0.2) is 176 Å². The summed E-state index contributed by atoms with van der Waals surface area (Å²) >= 11 is 3.70. The quantitative estimate of drug-likeness (QED) is 0.176. The fraction of sp³-hybridized carbons (Fsp3) is 0. The Labute approximate surface area is 309 Å². The van der Waals surface area contributed by atoms with Crippen molar-refractivity contribution in [3.63, 3.8) is 0 Å². The van der Waals surface area contributed by atoms with Gasteiger partial charge in [-0.15, -0.1) is 22.7 Å². The van der Waals surface area contributed by atoms with Crippen LogP contribution in [0.2, 0.25) is 0 Å². The lowest BCUT2D eigenvalue weighted by molar-refractivity contribution is 1.47. The fourth-order valence-corrected chi connectivity index (χ4v) is 10.0. The second-order valence-electron chi connectivity index (χ2n) is 13.1. The molecule has 10 rings (SSSR count). The molecule has 0 aliphatic carbocycles. The van der Waals surface area contributed by atoms with Gasteiger partial charge in [0, 0.05) is 40.3 Å². The summed E-state index contributed by atoms with van der Waals surface area (Å²) in [7, 11) is 0. The van der Waals surface area contributed by atoms with Crippen molar-refractivity contribution < 1.29 is 0 Å². The van der Waals surface area contributed by atoms with Crippen molar-refractivity contribution in [2.24, 2.45) is 0 Å². The molecule has 8 aromatic carbocycles. The predicted molar refractivity (Wildman–Crippen MR) is 224 cm³/mol. The van der Waals surface area contributed by atoms with Gasteiger partial charge >= 0.3 is 0 Å². The first-order valence-corrected chi connectivity index (χ1v) is 19.0. The smallest absolute Gasteiger partial charge is 0.0998 e. The van der Waals surface area contributed by atoms with E-state index in [1.54, 1.807) is 0 Å². The van der Waals surface area contributed by atoms with Gasteiger partial charge in [-0.25, -0.2) is 0 Å². The summed E-state index contributed by atoms with van der Waals surface area (Å²) in [6, 6.07) is 65.7. The van der Waals surface area contributed by atoms with Crippen LogP contribution in [0.3, 0.4) is 0 Å². The minimum atomic E-state index is 0.665. The standard InChI is InChI=1S/C49H29NS2/c50-30-33-14-4-5-15-37(33)35-26-34(31-12-2-1-3-13-31)27-36(28-35)43-29-32(38-18-10-22-46-48(38)41-16-6-8-20-44(41)51-46)24-25-39(43)40-19-11-23-47-49(40)42-17-7-9-21-45(42)52-47/h1-29H. The number of hydrogen-bond donors (Lipinski definition) is 0. The molecular weight excluding hydrogens is 667 g/mol. The van der Waals surface area contributed by atoms with E-state index in [0.717, 1.165) is 33.4 Å². The van der Waals surface area contributed by atoms with E-state index in [0.29, 0.717) is 5.56 Å². The molecule has 0 amide bonds. The largest absolute Gasteiger partial charge is 0.192 e. The Morgan fingerprint density at radius 3 is 1.58 bits per heavy atom. The molecule has 2 heterocycles. The second-order valence-corrected chi connectivity index (χ2v) is 15.3. The SMILES string of the molecule is N#Cc1ccccc1-c1cc(-c2ccccc2)cc(-c2cc(-c3cccc4sc5ccccc5c34)ccc2-c2cccc3sc4ccccc4c23)c1. The third-order valence-electron chi connectivity index (χ3n) is 10.1. The van der Waals surface area contributed by atoms with Crippen LogP contribution in [0.25, 0.3) is 96.0 Å². The number of benzene rings is 8. The van der Waals surface area contributed by atoms with E-state index in [1.807, 2.05) is 40.9 Å². The number of nitriles is 1. The lowest BCUT2D eigenvalue weighted by Crippen LogP contribution is -1.92. The molecule has 52 heavy (non-hydrogen) atoms. The summed E-state index contributed by atoms with van der Waals surface area (Å²) in [4.78, 5) is 0. The lowest BCUT2D eigenvalue weighted by Gasteiger charge is -2.18. The molecule has 0 N–H and O–H groups in total. The van der Waals surface area contributed by atoms with Crippen LogP contribution in [0.4, 0.5) is 0 Å². The van der Waals surface area contributed by atoms with Gasteiger partial charge in [0.2, 0.25) is 0 Å². The number of nitrogens with zero attached hydrogens (tertiary/aromatic N) is 1. The summed E-state index contributed by atoms with van der Waals surface area (Å²) in [5, 5.41) is 15.3. The number of hydrogen-bond acceptors (Lipinski definition) is 3. The Balaban J connectivity index is 1.30. The van der Waals surface area contributed by atoms with Gasteiger partial charge in [0.25, 0.3) is 0 Å². The summed E-state index contributed by atoms with van der Waals surface area (Å²) in [5.74, 6) is 0. The van der Waals surface area contributed by atoms with Gasteiger partial charge in [-0.3, -0.25) is 0 Å². The van der Waals surface area contributed by atoms with E-state index in [-0.39, 0.29) is 0 Å². The highest BCUT2D eigenvalue weighted by Gasteiger charge is 2.19. The van der Waals surface area contributed by atoms with Crippen molar-refractivity contribution in [2.45, 2.75) is 0 Å². The van der Waals surface area contributed by atoms with Crippen LogP contribution in [0.5, 0.6) is 0 Å². The Bertz CT molecular complexity index is 3030. The van der Waals surface area contributed by atoms with Crippen molar-refractivity contribution in [3.05, 3.63) is 181 Å².